The molecule has 3 aromatic rings. The van der Waals surface area contributed by atoms with Crippen molar-refractivity contribution < 1.29 is 4.79 Å². The number of likely N-dealkylation sites (N-methyl/N-ethyl adjacent to an activating group) is 1. The Labute approximate surface area is 163 Å². The quantitative estimate of drug-likeness (QED) is 0.591. The van der Waals surface area contributed by atoms with Crippen molar-refractivity contribution in [1.29, 1.82) is 0 Å². The molecular formula is C22H23N5O. The number of nitrogens with zero attached hydrogens (tertiary/aromatic N) is 3. The molecule has 0 saturated heterocycles. The second-order valence-electron chi connectivity index (χ2n) is 7.87. The molecule has 4 heterocycles. The van der Waals surface area contributed by atoms with Crippen molar-refractivity contribution in [2.24, 2.45) is 0 Å². The van der Waals surface area contributed by atoms with Crippen molar-refractivity contribution in [3.63, 3.8) is 0 Å². The number of aromatic amines is 1. The Hall–Kier alpha value is -3.15. The van der Waals surface area contributed by atoms with Gasteiger partial charge in [-0.3, -0.25) is 4.79 Å². The zero-order chi connectivity index (χ0) is 19.4. The summed E-state index contributed by atoms with van der Waals surface area (Å²) in [6.45, 7) is 5.60. The summed E-state index contributed by atoms with van der Waals surface area (Å²) in [5.41, 5.74) is 7.57. The standard InChI is InChI=1S/C22H23N5O/c1-12-7-8-14-10-23-22(28)16-9-18(25-19(14)16)15-5-4-6-17-20(15)26-21(13(2)24-17)27(3)11-12/h4-7,9,14,25H,8,10-11H2,1-3H3,(H,23,28)/b12-7-/t14-/m1/s1. The van der Waals surface area contributed by atoms with E-state index in [2.05, 4.69) is 35.2 Å². The SMILES string of the molecule is C/C1=C/C[C@@H]2CNC(=O)c3cc([nH]c32)-c2cccc3nc(C)c(nc23)N(C)C1. The molecule has 1 amide bonds. The van der Waals surface area contributed by atoms with Crippen molar-refractivity contribution in [3.8, 4) is 11.3 Å². The molecule has 2 aliphatic rings. The van der Waals surface area contributed by atoms with Gasteiger partial charge in [-0.25, -0.2) is 9.97 Å². The third kappa shape index (κ3) is 2.59. The Morgan fingerprint density at radius 3 is 2.89 bits per heavy atom. The number of anilines is 1. The van der Waals surface area contributed by atoms with E-state index in [0.717, 1.165) is 58.0 Å². The van der Waals surface area contributed by atoms with Gasteiger partial charge in [0.05, 0.1) is 16.8 Å². The van der Waals surface area contributed by atoms with E-state index < -0.39 is 0 Å². The van der Waals surface area contributed by atoms with Gasteiger partial charge in [-0.05, 0) is 32.4 Å². The normalized spacial score (nSPS) is 20.8. The topological polar surface area (TPSA) is 73.9 Å². The van der Waals surface area contributed by atoms with Crippen LogP contribution in [0.1, 0.15) is 41.0 Å². The van der Waals surface area contributed by atoms with Crippen LogP contribution in [0.25, 0.3) is 22.3 Å². The van der Waals surface area contributed by atoms with E-state index in [-0.39, 0.29) is 11.8 Å². The smallest absolute Gasteiger partial charge is 0.253 e. The summed E-state index contributed by atoms with van der Waals surface area (Å²) in [6, 6.07) is 7.99. The molecule has 2 N–H and O–H groups in total. The molecule has 2 aromatic heterocycles. The Morgan fingerprint density at radius 1 is 1.18 bits per heavy atom. The fourth-order valence-electron chi connectivity index (χ4n) is 4.33. The molecular weight excluding hydrogens is 350 g/mol. The lowest BCUT2D eigenvalue weighted by Gasteiger charge is -2.23. The summed E-state index contributed by atoms with van der Waals surface area (Å²) in [5, 5.41) is 3.03. The molecule has 0 saturated carbocycles. The minimum Gasteiger partial charge on any atom is -0.357 e. The van der Waals surface area contributed by atoms with Crippen molar-refractivity contribution in [1.82, 2.24) is 20.3 Å². The predicted molar refractivity (Wildman–Crippen MR) is 111 cm³/mol. The Bertz CT molecular complexity index is 1140. The molecule has 0 aliphatic carbocycles. The number of hydrogen-bond donors (Lipinski definition) is 2. The number of aryl methyl sites for hydroxylation is 1. The molecule has 142 valence electrons. The monoisotopic (exact) mass is 373 g/mol. The fraction of sp³-hybridized carbons (Fsp3) is 0.318. The lowest BCUT2D eigenvalue weighted by Crippen LogP contribution is -2.34. The number of para-hydroxylation sites is 1. The minimum absolute atomic E-state index is 0.0101. The molecule has 0 unspecified atom stereocenters. The van der Waals surface area contributed by atoms with E-state index in [1.165, 1.54) is 5.57 Å². The number of amides is 1. The van der Waals surface area contributed by atoms with Gasteiger partial charge < -0.3 is 15.2 Å². The first-order chi connectivity index (χ1) is 13.5. The average molecular weight is 373 g/mol. The average Bonchev–Trinajstić information content (AvgIpc) is 3.12. The molecule has 5 rings (SSSR count). The van der Waals surface area contributed by atoms with Crippen LogP contribution >= 0.6 is 0 Å². The van der Waals surface area contributed by atoms with Gasteiger partial charge in [0, 0.05) is 43.0 Å². The maximum absolute atomic E-state index is 12.4. The third-order valence-corrected chi connectivity index (χ3v) is 5.74. The second kappa shape index (κ2) is 6.19. The van der Waals surface area contributed by atoms with Gasteiger partial charge in [0.2, 0.25) is 0 Å². The van der Waals surface area contributed by atoms with Crippen LogP contribution < -0.4 is 10.2 Å². The highest BCUT2D eigenvalue weighted by molar-refractivity contribution is 6.00. The molecule has 0 radical (unpaired) electrons. The van der Waals surface area contributed by atoms with Gasteiger partial charge >= 0.3 is 0 Å². The molecule has 0 spiro atoms. The summed E-state index contributed by atoms with van der Waals surface area (Å²) in [4.78, 5) is 28.0. The number of carbonyl (C=O) groups excluding carboxylic acids is 1. The summed E-state index contributed by atoms with van der Waals surface area (Å²) in [5.74, 6) is 1.13. The minimum atomic E-state index is -0.0101. The predicted octanol–water partition coefficient (Wildman–Crippen LogP) is 3.55. The zero-order valence-electron chi connectivity index (χ0n) is 16.3. The van der Waals surface area contributed by atoms with Gasteiger partial charge in [0.25, 0.3) is 5.91 Å². The molecule has 6 nitrogen and oxygen atoms in total. The Balaban J connectivity index is 1.81. The first kappa shape index (κ1) is 17.0. The highest BCUT2D eigenvalue weighted by atomic mass is 16.1. The van der Waals surface area contributed by atoms with Crippen LogP contribution in [0.3, 0.4) is 0 Å². The maximum atomic E-state index is 12.4. The van der Waals surface area contributed by atoms with Gasteiger partial charge in [-0.15, -0.1) is 0 Å². The Morgan fingerprint density at radius 2 is 2.04 bits per heavy atom. The number of nitrogens with one attached hydrogen (secondary N) is 2. The lowest BCUT2D eigenvalue weighted by molar-refractivity contribution is 0.0940. The number of carbonyl (C=O) groups is 1. The summed E-state index contributed by atoms with van der Waals surface area (Å²) in [6.07, 6.45) is 3.16. The molecule has 1 aromatic carbocycles. The van der Waals surface area contributed by atoms with E-state index in [1.807, 2.05) is 31.2 Å². The summed E-state index contributed by atoms with van der Waals surface area (Å²) < 4.78 is 0. The first-order valence-corrected chi connectivity index (χ1v) is 9.67. The molecule has 2 aliphatic heterocycles. The van der Waals surface area contributed by atoms with E-state index in [1.54, 1.807) is 0 Å². The largest absolute Gasteiger partial charge is 0.357 e. The van der Waals surface area contributed by atoms with Crippen LogP contribution in [-0.2, 0) is 0 Å². The van der Waals surface area contributed by atoms with Crippen LogP contribution in [-0.4, -0.2) is 41.0 Å². The number of benzene rings is 1. The number of hydrogen-bond acceptors (Lipinski definition) is 4. The van der Waals surface area contributed by atoms with Crippen molar-refractivity contribution in [3.05, 3.63) is 52.9 Å². The number of fused-ring (bicyclic) bond motifs is 3. The van der Waals surface area contributed by atoms with Crippen molar-refractivity contribution in [2.75, 3.05) is 25.0 Å². The van der Waals surface area contributed by atoms with Crippen molar-refractivity contribution in [2.45, 2.75) is 26.2 Å². The fourth-order valence-corrected chi connectivity index (χ4v) is 4.33. The second-order valence-corrected chi connectivity index (χ2v) is 7.87. The number of allylic oxidation sites excluding steroid dienone is 1. The van der Waals surface area contributed by atoms with Crippen LogP contribution in [0, 0.1) is 6.92 Å². The molecule has 4 bridgehead atoms. The van der Waals surface area contributed by atoms with Crippen LogP contribution in [0.4, 0.5) is 5.82 Å². The highest BCUT2D eigenvalue weighted by Crippen LogP contribution is 2.34. The lowest BCUT2D eigenvalue weighted by atomic mass is 9.93. The maximum Gasteiger partial charge on any atom is 0.253 e. The van der Waals surface area contributed by atoms with Crippen molar-refractivity contribution >= 4 is 22.8 Å². The summed E-state index contributed by atoms with van der Waals surface area (Å²) in [7, 11) is 2.06. The molecule has 6 heteroatoms. The molecule has 28 heavy (non-hydrogen) atoms. The summed E-state index contributed by atoms with van der Waals surface area (Å²) >= 11 is 0. The zero-order valence-corrected chi connectivity index (χ0v) is 16.3. The number of H-pyrrole nitrogens is 1. The van der Waals surface area contributed by atoms with Gasteiger partial charge in [0.1, 0.15) is 5.52 Å². The van der Waals surface area contributed by atoms with Crippen LogP contribution in [0.15, 0.2) is 35.9 Å². The van der Waals surface area contributed by atoms with Gasteiger partial charge in [0.15, 0.2) is 5.82 Å². The molecule has 1 atom stereocenters. The Kier molecular flexibility index (Phi) is 3.75. The molecule has 0 fully saturated rings. The van der Waals surface area contributed by atoms with Gasteiger partial charge in [-0.2, -0.15) is 0 Å². The van der Waals surface area contributed by atoms with Crippen LogP contribution in [0.2, 0.25) is 0 Å². The first-order valence-electron chi connectivity index (χ1n) is 9.67. The van der Waals surface area contributed by atoms with E-state index >= 15 is 0 Å². The van der Waals surface area contributed by atoms with E-state index in [0.29, 0.717) is 6.54 Å². The third-order valence-electron chi connectivity index (χ3n) is 5.74. The van der Waals surface area contributed by atoms with Gasteiger partial charge in [-0.1, -0.05) is 23.8 Å². The van der Waals surface area contributed by atoms with E-state index in [4.69, 9.17) is 9.97 Å². The van der Waals surface area contributed by atoms with E-state index in [9.17, 15) is 4.79 Å². The number of aromatic nitrogens is 3. The number of rotatable bonds is 0. The van der Waals surface area contributed by atoms with Crippen LogP contribution in [0.5, 0.6) is 0 Å². The highest BCUT2D eigenvalue weighted by Gasteiger charge is 2.28.